The average Bonchev–Trinajstić information content (AvgIpc) is 2.13. The fraction of sp³-hybridized carbons (Fsp3) is 0.286. The van der Waals surface area contributed by atoms with Gasteiger partial charge in [0.1, 0.15) is 5.82 Å². The van der Waals surface area contributed by atoms with Crippen molar-refractivity contribution < 1.29 is 9.18 Å². The summed E-state index contributed by atoms with van der Waals surface area (Å²) in [5.74, 6) is -0.354. The van der Waals surface area contributed by atoms with Crippen LogP contribution in [0.15, 0.2) is 6.07 Å². The molecule has 0 bridgehead atoms. The molecule has 1 nitrogen and oxygen atoms in total. The third-order valence-corrected chi connectivity index (χ3v) is 2.33. The Morgan fingerprint density at radius 1 is 1.70 bits per heavy atom. The lowest BCUT2D eigenvalue weighted by Crippen LogP contribution is -1.83. The maximum Gasteiger partial charge on any atom is 0.169 e. The van der Waals surface area contributed by atoms with Crippen molar-refractivity contribution in [1.29, 1.82) is 0 Å². The molecular weight excluding hydrogens is 151 g/mol. The second kappa shape index (κ2) is 2.50. The third kappa shape index (κ3) is 1.24. The molecule has 0 spiro atoms. The largest absolute Gasteiger partial charge is 0.294 e. The van der Waals surface area contributed by atoms with Gasteiger partial charge in [0, 0.05) is 4.88 Å². The first-order valence-electron chi connectivity index (χ1n) is 2.88. The normalized spacial score (nSPS) is 9.90. The molecular formula is C7H7FOS. The van der Waals surface area contributed by atoms with Gasteiger partial charge in [-0.25, -0.2) is 4.39 Å². The van der Waals surface area contributed by atoms with E-state index in [1.165, 1.54) is 24.3 Å². The molecule has 10 heavy (non-hydrogen) atoms. The molecule has 0 aliphatic carbocycles. The highest BCUT2D eigenvalue weighted by Crippen LogP contribution is 2.19. The molecule has 54 valence electrons. The average molecular weight is 158 g/mol. The van der Waals surface area contributed by atoms with Crippen LogP contribution in [0.25, 0.3) is 0 Å². The molecule has 0 unspecified atom stereocenters. The lowest BCUT2D eigenvalue weighted by atomic mass is 10.3. The Morgan fingerprint density at radius 3 is 2.50 bits per heavy atom. The summed E-state index contributed by atoms with van der Waals surface area (Å²) in [7, 11) is 0. The molecule has 0 amide bonds. The monoisotopic (exact) mass is 158 g/mol. The van der Waals surface area contributed by atoms with Crippen LogP contribution in [0.3, 0.4) is 0 Å². The van der Waals surface area contributed by atoms with Gasteiger partial charge >= 0.3 is 0 Å². The molecule has 0 fully saturated rings. The van der Waals surface area contributed by atoms with Gasteiger partial charge < -0.3 is 0 Å². The molecule has 1 heterocycles. The number of Topliss-reactive ketones (excluding diaryl/α,β-unsaturated/α-hetero) is 1. The van der Waals surface area contributed by atoms with Crippen molar-refractivity contribution in [2.45, 2.75) is 13.8 Å². The van der Waals surface area contributed by atoms with Crippen LogP contribution in [0.4, 0.5) is 4.39 Å². The highest BCUT2D eigenvalue weighted by atomic mass is 32.1. The molecule has 0 saturated heterocycles. The first-order chi connectivity index (χ1) is 4.61. The molecule has 0 aliphatic heterocycles. The van der Waals surface area contributed by atoms with E-state index in [0.717, 1.165) is 0 Å². The van der Waals surface area contributed by atoms with Gasteiger partial charge in [0.15, 0.2) is 5.78 Å². The number of thiophene rings is 1. The van der Waals surface area contributed by atoms with Crippen LogP contribution in [0.1, 0.15) is 21.5 Å². The van der Waals surface area contributed by atoms with Crippen molar-refractivity contribution >= 4 is 17.1 Å². The van der Waals surface area contributed by atoms with E-state index in [9.17, 15) is 9.18 Å². The topological polar surface area (TPSA) is 17.1 Å². The number of hydrogen-bond acceptors (Lipinski definition) is 2. The molecule has 0 aliphatic rings. The van der Waals surface area contributed by atoms with E-state index in [1.807, 2.05) is 0 Å². The van der Waals surface area contributed by atoms with Crippen LogP contribution in [-0.2, 0) is 0 Å². The predicted octanol–water partition coefficient (Wildman–Crippen LogP) is 2.40. The molecule has 0 N–H and O–H groups in total. The summed E-state index contributed by atoms with van der Waals surface area (Å²) < 4.78 is 12.6. The van der Waals surface area contributed by atoms with Crippen molar-refractivity contribution in [3.8, 4) is 0 Å². The Balaban J connectivity index is 3.10. The zero-order valence-corrected chi connectivity index (χ0v) is 6.59. The van der Waals surface area contributed by atoms with Crippen LogP contribution >= 0.6 is 11.3 Å². The van der Waals surface area contributed by atoms with Crippen LogP contribution in [0.2, 0.25) is 0 Å². The second-order valence-electron chi connectivity index (χ2n) is 2.07. The zero-order chi connectivity index (χ0) is 7.72. The summed E-state index contributed by atoms with van der Waals surface area (Å²) in [6.45, 7) is 3.09. The lowest BCUT2D eigenvalue weighted by Gasteiger charge is -1.80. The molecule has 1 rings (SSSR count). The number of halogens is 1. The van der Waals surface area contributed by atoms with Crippen LogP contribution in [-0.4, -0.2) is 5.78 Å². The highest BCUT2D eigenvalue weighted by molar-refractivity contribution is 7.14. The van der Waals surface area contributed by atoms with Gasteiger partial charge in [-0.05, 0) is 19.9 Å². The van der Waals surface area contributed by atoms with Crippen molar-refractivity contribution in [2.24, 2.45) is 0 Å². The minimum Gasteiger partial charge on any atom is -0.294 e. The van der Waals surface area contributed by atoms with E-state index in [2.05, 4.69) is 0 Å². The summed E-state index contributed by atoms with van der Waals surface area (Å²) in [6, 6.07) is 1.28. The molecule has 1 aromatic heterocycles. The second-order valence-corrected chi connectivity index (χ2v) is 3.33. The first kappa shape index (κ1) is 7.41. The van der Waals surface area contributed by atoms with E-state index < -0.39 is 0 Å². The minimum atomic E-state index is -0.282. The lowest BCUT2D eigenvalue weighted by molar-refractivity contribution is 0.102. The summed E-state index contributed by atoms with van der Waals surface area (Å²) >= 11 is 1.20. The molecule has 0 aromatic carbocycles. The number of ketones is 1. The summed E-state index contributed by atoms with van der Waals surface area (Å²) in [5, 5.41) is 0. The molecule has 3 heteroatoms. The van der Waals surface area contributed by atoms with E-state index in [4.69, 9.17) is 0 Å². The molecule has 0 atom stereocenters. The summed E-state index contributed by atoms with van der Waals surface area (Å²) in [4.78, 5) is 11.7. The maximum absolute atomic E-state index is 12.6. The van der Waals surface area contributed by atoms with Crippen molar-refractivity contribution in [3.63, 3.8) is 0 Å². The SMILES string of the molecule is CC(=O)c1cc(F)c(C)s1. The zero-order valence-electron chi connectivity index (χ0n) is 5.77. The van der Waals surface area contributed by atoms with Gasteiger partial charge in [0.2, 0.25) is 0 Å². The molecule has 0 saturated carbocycles. The fourth-order valence-corrected chi connectivity index (χ4v) is 1.43. The molecule has 0 radical (unpaired) electrons. The standard InChI is InChI=1S/C7H7FOS/c1-4(9)7-3-6(8)5(2)10-7/h3H,1-2H3. The molecule has 1 aromatic rings. The predicted molar refractivity (Wildman–Crippen MR) is 39.0 cm³/mol. The minimum absolute atomic E-state index is 0.0722. The highest BCUT2D eigenvalue weighted by Gasteiger charge is 2.06. The number of aryl methyl sites for hydroxylation is 1. The van der Waals surface area contributed by atoms with Crippen LogP contribution in [0.5, 0.6) is 0 Å². The Labute approximate surface area is 62.5 Å². The maximum atomic E-state index is 12.6. The summed E-state index contributed by atoms with van der Waals surface area (Å²) in [5.41, 5.74) is 0. The van der Waals surface area contributed by atoms with Gasteiger partial charge in [0.25, 0.3) is 0 Å². The van der Waals surface area contributed by atoms with Crippen molar-refractivity contribution in [1.82, 2.24) is 0 Å². The van der Waals surface area contributed by atoms with Crippen LogP contribution < -0.4 is 0 Å². The smallest absolute Gasteiger partial charge is 0.169 e. The quantitative estimate of drug-likeness (QED) is 0.573. The van der Waals surface area contributed by atoms with E-state index in [1.54, 1.807) is 6.92 Å². The van der Waals surface area contributed by atoms with E-state index in [0.29, 0.717) is 9.75 Å². The van der Waals surface area contributed by atoms with Gasteiger partial charge in [-0.15, -0.1) is 11.3 Å². The van der Waals surface area contributed by atoms with Crippen molar-refractivity contribution in [2.75, 3.05) is 0 Å². The fourth-order valence-electron chi connectivity index (χ4n) is 0.633. The van der Waals surface area contributed by atoms with E-state index in [-0.39, 0.29) is 11.6 Å². The van der Waals surface area contributed by atoms with Gasteiger partial charge in [-0.3, -0.25) is 4.79 Å². The number of carbonyl (C=O) groups is 1. The first-order valence-corrected chi connectivity index (χ1v) is 3.70. The van der Waals surface area contributed by atoms with Gasteiger partial charge in [-0.2, -0.15) is 0 Å². The number of hydrogen-bond donors (Lipinski definition) is 0. The Morgan fingerprint density at radius 2 is 2.30 bits per heavy atom. The van der Waals surface area contributed by atoms with Crippen molar-refractivity contribution in [3.05, 3.63) is 21.6 Å². The Bertz CT molecular complexity index is 245. The summed E-state index contributed by atoms with van der Waals surface area (Å²) in [6.07, 6.45) is 0. The number of rotatable bonds is 1. The van der Waals surface area contributed by atoms with Crippen LogP contribution in [0, 0.1) is 12.7 Å². The third-order valence-electron chi connectivity index (χ3n) is 1.20. The number of carbonyl (C=O) groups excluding carboxylic acids is 1. The van der Waals surface area contributed by atoms with Gasteiger partial charge in [0.05, 0.1) is 4.88 Å². The van der Waals surface area contributed by atoms with Gasteiger partial charge in [-0.1, -0.05) is 0 Å². The Kier molecular flexibility index (Phi) is 1.85. The van der Waals surface area contributed by atoms with E-state index >= 15 is 0 Å². The Hall–Kier alpha value is -0.700.